The smallest absolute Gasteiger partial charge is 0.0600 e. The molecule has 0 radical (unpaired) electrons. The molecule has 2 aromatic rings. The first-order valence-corrected chi connectivity index (χ1v) is 7.09. The number of aromatic nitrogens is 1. The zero-order valence-electron chi connectivity index (χ0n) is 9.40. The van der Waals surface area contributed by atoms with Gasteiger partial charge in [0.15, 0.2) is 0 Å². The van der Waals surface area contributed by atoms with Crippen LogP contribution >= 0.6 is 22.9 Å². The molecule has 0 aromatic carbocycles. The Hall–Kier alpha value is -1.06. The fourth-order valence-electron chi connectivity index (χ4n) is 2.27. The van der Waals surface area contributed by atoms with Gasteiger partial charge < -0.3 is 4.90 Å². The van der Waals surface area contributed by atoms with Gasteiger partial charge in [0.1, 0.15) is 0 Å². The highest BCUT2D eigenvalue weighted by atomic mass is 35.5. The molecule has 88 valence electrons. The lowest BCUT2D eigenvalue weighted by molar-refractivity contribution is 0.739. The Labute approximate surface area is 110 Å². The van der Waals surface area contributed by atoms with Gasteiger partial charge in [-0.2, -0.15) is 0 Å². The van der Waals surface area contributed by atoms with E-state index in [-0.39, 0.29) is 0 Å². The minimum Gasteiger partial charge on any atom is -0.365 e. The maximum Gasteiger partial charge on any atom is 0.0600 e. The third-order valence-electron chi connectivity index (χ3n) is 3.18. The van der Waals surface area contributed by atoms with Crippen LogP contribution in [0.1, 0.15) is 16.0 Å². The summed E-state index contributed by atoms with van der Waals surface area (Å²) in [5.41, 5.74) is 3.80. The van der Waals surface area contributed by atoms with E-state index in [1.165, 1.54) is 21.7 Å². The van der Waals surface area contributed by atoms with Crippen molar-refractivity contribution in [3.8, 4) is 0 Å². The molecule has 0 spiro atoms. The van der Waals surface area contributed by atoms with E-state index in [2.05, 4.69) is 21.3 Å². The number of alkyl halides is 1. The number of pyridine rings is 1. The number of fused-ring (bicyclic) bond motifs is 1. The van der Waals surface area contributed by atoms with E-state index in [1.54, 1.807) is 6.20 Å². The van der Waals surface area contributed by atoms with Gasteiger partial charge in [-0.15, -0.1) is 22.9 Å². The molecule has 1 aliphatic rings. The zero-order chi connectivity index (χ0) is 11.7. The lowest BCUT2D eigenvalue weighted by Crippen LogP contribution is -2.30. The average Bonchev–Trinajstić information content (AvgIpc) is 2.85. The monoisotopic (exact) mass is 264 g/mol. The molecule has 2 nitrogen and oxygen atoms in total. The van der Waals surface area contributed by atoms with Gasteiger partial charge in [0.25, 0.3) is 0 Å². The van der Waals surface area contributed by atoms with Crippen molar-refractivity contribution >= 4 is 28.6 Å². The third kappa shape index (κ3) is 2.05. The van der Waals surface area contributed by atoms with E-state index in [0.29, 0.717) is 5.88 Å². The third-order valence-corrected chi connectivity index (χ3v) is 4.49. The van der Waals surface area contributed by atoms with Crippen LogP contribution in [0.4, 0.5) is 5.69 Å². The van der Waals surface area contributed by atoms with E-state index in [9.17, 15) is 0 Å². The first-order chi connectivity index (χ1) is 8.38. The Morgan fingerprint density at radius 3 is 3.24 bits per heavy atom. The van der Waals surface area contributed by atoms with Crippen molar-refractivity contribution in [1.29, 1.82) is 0 Å². The van der Waals surface area contributed by atoms with Crippen LogP contribution in [-0.4, -0.2) is 11.5 Å². The van der Waals surface area contributed by atoms with Crippen molar-refractivity contribution < 1.29 is 0 Å². The van der Waals surface area contributed by atoms with Crippen molar-refractivity contribution in [2.24, 2.45) is 0 Å². The van der Waals surface area contributed by atoms with E-state index in [0.717, 1.165) is 19.5 Å². The van der Waals surface area contributed by atoms with Crippen LogP contribution in [-0.2, 0) is 18.8 Å². The van der Waals surface area contributed by atoms with Crippen molar-refractivity contribution in [2.75, 3.05) is 11.4 Å². The number of anilines is 1. The van der Waals surface area contributed by atoms with Crippen LogP contribution in [0.5, 0.6) is 0 Å². The van der Waals surface area contributed by atoms with E-state index in [4.69, 9.17) is 11.6 Å². The van der Waals surface area contributed by atoms with Crippen molar-refractivity contribution in [3.05, 3.63) is 45.9 Å². The summed E-state index contributed by atoms with van der Waals surface area (Å²) in [5.74, 6) is 0.546. The molecule has 0 saturated carbocycles. The molecule has 0 saturated heterocycles. The molecule has 0 unspecified atom stereocenters. The minimum atomic E-state index is 0.546. The molecule has 1 aliphatic heterocycles. The topological polar surface area (TPSA) is 16.1 Å². The first kappa shape index (κ1) is 11.1. The molecule has 0 fully saturated rings. The molecule has 4 heteroatoms. The summed E-state index contributed by atoms with van der Waals surface area (Å²) in [7, 11) is 0. The van der Waals surface area contributed by atoms with E-state index >= 15 is 0 Å². The quantitative estimate of drug-likeness (QED) is 0.773. The predicted molar refractivity (Wildman–Crippen MR) is 72.9 cm³/mol. The lowest BCUT2D eigenvalue weighted by atomic mass is 10.1. The SMILES string of the molecule is ClCc1ccncc1N1CCc2sccc2C1. The first-order valence-electron chi connectivity index (χ1n) is 5.67. The summed E-state index contributed by atoms with van der Waals surface area (Å²) in [5, 5.41) is 2.18. The summed E-state index contributed by atoms with van der Waals surface area (Å²) in [4.78, 5) is 8.11. The molecule has 2 aromatic heterocycles. The maximum absolute atomic E-state index is 5.98. The van der Waals surface area contributed by atoms with Crippen LogP contribution < -0.4 is 4.90 Å². The van der Waals surface area contributed by atoms with Crippen LogP contribution in [0.25, 0.3) is 0 Å². The largest absolute Gasteiger partial charge is 0.365 e. The summed E-state index contributed by atoms with van der Waals surface area (Å²) in [6.07, 6.45) is 4.86. The number of nitrogens with zero attached hydrogens (tertiary/aromatic N) is 2. The molecule has 0 amide bonds. The zero-order valence-corrected chi connectivity index (χ0v) is 11.0. The van der Waals surface area contributed by atoms with Crippen molar-refractivity contribution in [3.63, 3.8) is 0 Å². The van der Waals surface area contributed by atoms with Gasteiger partial charge in [0.2, 0.25) is 0 Å². The standard InChI is InChI=1S/C13H13ClN2S/c14-7-10-1-4-15-8-12(10)16-5-2-13-11(9-16)3-6-17-13/h1,3-4,6,8H,2,5,7,9H2. The maximum atomic E-state index is 5.98. The highest BCUT2D eigenvalue weighted by Crippen LogP contribution is 2.29. The predicted octanol–water partition coefficient (Wildman–Crippen LogP) is 3.44. The second-order valence-corrected chi connectivity index (χ2v) is 5.45. The molecule has 0 atom stereocenters. The number of rotatable bonds is 2. The average molecular weight is 265 g/mol. The Balaban J connectivity index is 1.91. The van der Waals surface area contributed by atoms with Gasteiger partial charge >= 0.3 is 0 Å². The normalized spacial score (nSPS) is 14.8. The number of halogens is 1. The van der Waals surface area contributed by atoms with Gasteiger partial charge in [-0.25, -0.2) is 0 Å². The Morgan fingerprint density at radius 1 is 1.41 bits per heavy atom. The molecule has 3 heterocycles. The molecule has 0 bridgehead atoms. The van der Waals surface area contributed by atoms with E-state index < -0.39 is 0 Å². The summed E-state index contributed by atoms with van der Waals surface area (Å²) in [6.45, 7) is 2.04. The van der Waals surface area contributed by atoms with Gasteiger partial charge in [0.05, 0.1) is 11.9 Å². The van der Waals surface area contributed by atoms with E-state index in [1.807, 2.05) is 23.6 Å². The molecular formula is C13H13ClN2S. The second-order valence-electron chi connectivity index (χ2n) is 4.18. The molecule has 0 aliphatic carbocycles. The van der Waals surface area contributed by atoms with Crippen molar-refractivity contribution in [1.82, 2.24) is 4.98 Å². The number of hydrogen-bond acceptors (Lipinski definition) is 3. The summed E-state index contributed by atoms with van der Waals surface area (Å²) in [6, 6.07) is 4.23. The van der Waals surface area contributed by atoms with Crippen LogP contribution in [0.2, 0.25) is 0 Å². The van der Waals surface area contributed by atoms with Crippen molar-refractivity contribution in [2.45, 2.75) is 18.8 Å². The Bertz CT molecular complexity index is 524. The Morgan fingerprint density at radius 2 is 2.35 bits per heavy atom. The van der Waals surface area contributed by atoms with Gasteiger partial charge in [-0.3, -0.25) is 4.98 Å². The fraction of sp³-hybridized carbons (Fsp3) is 0.308. The highest BCUT2D eigenvalue weighted by Gasteiger charge is 2.19. The van der Waals surface area contributed by atoms with Crippen LogP contribution in [0, 0.1) is 0 Å². The lowest BCUT2D eigenvalue weighted by Gasteiger charge is -2.30. The summed E-state index contributed by atoms with van der Waals surface area (Å²) < 4.78 is 0. The fourth-order valence-corrected chi connectivity index (χ4v) is 3.38. The van der Waals surface area contributed by atoms with Gasteiger partial charge in [-0.1, -0.05) is 0 Å². The number of hydrogen-bond donors (Lipinski definition) is 0. The number of thiophene rings is 1. The van der Waals surface area contributed by atoms with Gasteiger partial charge in [0, 0.05) is 30.0 Å². The van der Waals surface area contributed by atoms with Crippen LogP contribution in [0.3, 0.4) is 0 Å². The molecule has 0 N–H and O–H groups in total. The van der Waals surface area contributed by atoms with Gasteiger partial charge in [-0.05, 0) is 35.1 Å². The van der Waals surface area contributed by atoms with Crippen LogP contribution in [0.15, 0.2) is 29.9 Å². The molecule has 3 rings (SSSR count). The highest BCUT2D eigenvalue weighted by molar-refractivity contribution is 7.10. The molecular weight excluding hydrogens is 252 g/mol. The summed E-state index contributed by atoms with van der Waals surface area (Å²) >= 11 is 7.84. The molecule has 17 heavy (non-hydrogen) atoms. The minimum absolute atomic E-state index is 0.546. The second kappa shape index (κ2) is 4.67. The Kier molecular flexibility index (Phi) is 3.04.